The van der Waals surface area contributed by atoms with E-state index in [9.17, 15) is 10.0 Å². The molecule has 2 rings (SSSR count). The quantitative estimate of drug-likeness (QED) is 0.608. The highest BCUT2D eigenvalue weighted by Crippen LogP contribution is 2.09. The molecule has 13 heavy (non-hydrogen) atoms. The molecule has 1 N–H and O–H groups in total. The van der Waals surface area contributed by atoms with Gasteiger partial charge in [-0.2, -0.15) is 0 Å². The molecular weight excluding hydrogens is 168 g/mol. The number of benzene rings is 1. The summed E-state index contributed by atoms with van der Waals surface area (Å²) >= 11 is 0. The molecule has 0 fully saturated rings. The Kier molecular flexibility index (Phi) is 1.55. The first-order chi connectivity index (χ1) is 6.18. The number of rotatable bonds is 0. The van der Waals surface area contributed by atoms with Crippen LogP contribution < -0.4 is 5.56 Å². The van der Waals surface area contributed by atoms with E-state index in [-0.39, 0.29) is 0 Å². The predicted octanol–water partition coefficient (Wildman–Crippen LogP) is 0.942. The first-order valence-electron chi connectivity index (χ1n) is 3.86. The van der Waals surface area contributed by atoms with Gasteiger partial charge in [-0.15, -0.1) is 4.73 Å². The van der Waals surface area contributed by atoms with E-state index in [0.717, 1.165) is 11.8 Å². The molecule has 4 nitrogen and oxygen atoms in total. The zero-order chi connectivity index (χ0) is 9.42. The van der Waals surface area contributed by atoms with E-state index in [1.54, 1.807) is 6.07 Å². The molecule has 0 unspecified atom stereocenters. The minimum absolute atomic E-state index is 0.429. The summed E-state index contributed by atoms with van der Waals surface area (Å²) in [5, 5.41) is 9.31. The molecule has 0 aliphatic heterocycles. The number of aromatic nitrogens is 2. The van der Waals surface area contributed by atoms with Crippen LogP contribution in [-0.2, 0) is 0 Å². The van der Waals surface area contributed by atoms with Crippen LogP contribution in [0.4, 0.5) is 0 Å². The average Bonchev–Trinajstić information content (AvgIpc) is 2.12. The molecule has 1 aromatic carbocycles. The zero-order valence-corrected chi connectivity index (χ0v) is 7.06. The largest absolute Gasteiger partial charge is 0.425 e. The molecule has 0 atom stereocenters. The summed E-state index contributed by atoms with van der Waals surface area (Å²) in [4.78, 5) is 14.9. The van der Waals surface area contributed by atoms with Crippen LogP contribution in [0.3, 0.4) is 0 Å². The van der Waals surface area contributed by atoms with E-state index in [1.165, 1.54) is 0 Å². The van der Waals surface area contributed by atoms with Gasteiger partial charge in [-0.25, -0.2) is 4.98 Å². The van der Waals surface area contributed by atoms with Crippen LogP contribution in [0.5, 0.6) is 0 Å². The lowest BCUT2D eigenvalue weighted by Gasteiger charge is -2.01. The van der Waals surface area contributed by atoms with Crippen LogP contribution in [-0.4, -0.2) is 14.9 Å². The minimum Gasteiger partial charge on any atom is -0.425 e. The number of hydrogen-bond donors (Lipinski definition) is 1. The zero-order valence-electron chi connectivity index (χ0n) is 7.06. The predicted molar refractivity (Wildman–Crippen MR) is 47.9 cm³/mol. The molecule has 0 aliphatic rings. The van der Waals surface area contributed by atoms with Gasteiger partial charge in [0.2, 0.25) is 0 Å². The fraction of sp³-hybridized carbons (Fsp3) is 0.111. The van der Waals surface area contributed by atoms with Crippen molar-refractivity contribution in [2.45, 2.75) is 6.92 Å². The fourth-order valence-electron chi connectivity index (χ4n) is 1.21. The first kappa shape index (κ1) is 7.79. The summed E-state index contributed by atoms with van der Waals surface area (Å²) in [5.74, 6) is 0. The molecule has 0 saturated carbocycles. The summed E-state index contributed by atoms with van der Waals surface area (Å²) in [6.45, 7) is 1.92. The van der Waals surface area contributed by atoms with Gasteiger partial charge < -0.3 is 5.21 Å². The Morgan fingerprint density at radius 2 is 2.23 bits per heavy atom. The smallest absolute Gasteiger partial charge is 0.301 e. The van der Waals surface area contributed by atoms with Crippen LogP contribution in [0.25, 0.3) is 11.0 Å². The van der Waals surface area contributed by atoms with E-state index in [4.69, 9.17) is 0 Å². The summed E-state index contributed by atoms with van der Waals surface area (Å²) in [5.41, 5.74) is 1.57. The highest BCUT2D eigenvalue weighted by molar-refractivity contribution is 5.74. The Morgan fingerprint density at radius 1 is 1.46 bits per heavy atom. The average molecular weight is 176 g/mol. The van der Waals surface area contributed by atoms with Crippen molar-refractivity contribution in [3.05, 3.63) is 40.3 Å². The molecule has 0 amide bonds. The van der Waals surface area contributed by atoms with E-state index in [0.29, 0.717) is 15.8 Å². The van der Waals surface area contributed by atoms with Crippen molar-refractivity contribution in [1.82, 2.24) is 9.71 Å². The molecule has 0 spiro atoms. The molecule has 0 aliphatic carbocycles. The molecule has 1 heterocycles. The summed E-state index contributed by atoms with van der Waals surface area (Å²) < 4.78 is 0.599. The monoisotopic (exact) mass is 176 g/mol. The van der Waals surface area contributed by atoms with Crippen LogP contribution in [0.2, 0.25) is 0 Å². The van der Waals surface area contributed by atoms with Gasteiger partial charge in [0.25, 0.3) is 0 Å². The molecule has 4 heteroatoms. The molecule has 66 valence electrons. The number of aryl methyl sites for hydroxylation is 1. The highest BCUT2D eigenvalue weighted by atomic mass is 16.5. The van der Waals surface area contributed by atoms with Gasteiger partial charge in [-0.1, -0.05) is 6.07 Å². The van der Waals surface area contributed by atoms with E-state index < -0.39 is 5.56 Å². The van der Waals surface area contributed by atoms with E-state index in [2.05, 4.69) is 4.98 Å². The number of nitrogens with zero attached hydrogens (tertiary/aromatic N) is 2. The van der Waals surface area contributed by atoms with Gasteiger partial charge in [0.15, 0.2) is 0 Å². The Balaban J connectivity index is 2.95. The van der Waals surface area contributed by atoms with Gasteiger partial charge in [0, 0.05) is 0 Å². The van der Waals surface area contributed by atoms with E-state index in [1.807, 2.05) is 19.1 Å². The Bertz CT molecular complexity index is 516. The van der Waals surface area contributed by atoms with Gasteiger partial charge in [0.05, 0.1) is 11.7 Å². The molecule has 1 aromatic heterocycles. The SMILES string of the molecule is Cc1ccc2c(c1)ncc(=O)n2O. The van der Waals surface area contributed by atoms with Crippen LogP contribution in [0, 0.1) is 6.92 Å². The lowest BCUT2D eigenvalue weighted by atomic mass is 10.2. The lowest BCUT2D eigenvalue weighted by molar-refractivity contribution is 0.188. The topological polar surface area (TPSA) is 55.1 Å². The second kappa shape index (κ2) is 2.58. The minimum atomic E-state index is -0.517. The third-order valence-electron chi connectivity index (χ3n) is 1.88. The standard InChI is InChI=1S/C9H8N2O2/c1-6-2-3-8-7(4-6)10-5-9(12)11(8)13/h2-5,13H,1H3. The summed E-state index contributed by atoms with van der Waals surface area (Å²) in [6.07, 6.45) is 1.10. The molecular formula is C9H8N2O2. The third-order valence-corrected chi connectivity index (χ3v) is 1.88. The third kappa shape index (κ3) is 1.16. The maximum Gasteiger partial charge on any atom is 0.301 e. The van der Waals surface area contributed by atoms with Gasteiger partial charge in [0.1, 0.15) is 5.52 Å². The Morgan fingerprint density at radius 3 is 3.00 bits per heavy atom. The second-order valence-electron chi connectivity index (χ2n) is 2.90. The first-order valence-corrected chi connectivity index (χ1v) is 3.86. The fourth-order valence-corrected chi connectivity index (χ4v) is 1.21. The normalized spacial score (nSPS) is 10.5. The van der Waals surface area contributed by atoms with Gasteiger partial charge in [-0.05, 0) is 24.6 Å². The van der Waals surface area contributed by atoms with Crippen LogP contribution in [0.1, 0.15) is 5.56 Å². The lowest BCUT2D eigenvalue weighted by Crippen LogP contribution is -2.17. The number of fused-ring (bicyclic) bond motifs is 1. The molecule has 0 bridgehead atoms. The maximum absolute atomic E-state index is 11.0. The maximum atomic E-state index is 11.0. The highest BCUT2D eigenvalue weighted by Gasteiger charge is 2.01. The van der Waals surface area contributed by atoms with E-state index >= 15 is 0 Å². The van der Waals surface area contributed by atoms with Crippen LogP contribution in [0.15, 0.2) is 29.2 Å². The van der Waals surface area contributed by atoms with Gasteiger partial charge >= 0.3 is 5.56 Å². The van der Waals surface area contributed by atoms with Crippen molar-refractivity contribution in [3.63, 3.8) is 0 Å². The molecule has 0 radical (unpaired) electrons. The molecule has 0 saturated heterocycles. The van der Waals surface area contributed by atoms with Crippen molar-refractivity contribution in [2.24, 2.45) is 0 Å². The Labute approximate surface area is 74.0 Å². The molecule has 2 aromatic rings. The van der Waals surface area contributed by atoms with Crippen molar-refractivity contribution < 1.29 is 5.21 Å². The van der Waals surface area contributed by atoms with Crippen molar-refractivity contribution >= 4 is 11.0 Å². The summed E-state index contributed by atoms with van der Waals surface area (Å²) in [6, 6.07) is 5.29. The van der Waals surface area contributed by atoms with Gasteiger partial charge in [-0.3, -0.25) is 4.79 Å². The summed E-state index contributed by atoms with van der Waals surface area (Å²) in [7, 11) is 0. The van der Waals surface area contributed by atoms with Crippen molar-refractivity contribution in [3.8, 4) is 0 Å². The number of hydrogen-bond acceptors (Lipinski definition) is 3. The Hall–Kier alpha value is -1.84. The van der Waals surface area contributed by atoms with Crippen LogP contribution >= 0.6 is 0 Å². The second-order valence-corrected chi connectivity index (χ2v) is 2.90. The van der Waals surface area contributed by atoms with Crippen molar-refractivity contribution in [2.75, 3.05) is 0 Å². The van der Waals surface area contributed by atoms with Crippen molar-refractivity contribution in [1.29, 1.82) is 0 Å².